The Hall–Kier alpha value is -2.10. The summed E-state index contributed by atoms with van der Waals surface area (Å²) >= 11 is 0. The van der Waals surface area contributed by atoms with Crippen LogP contribution < -0.4 is 5.32 Å². The van der Waals surface area contributed by atoms with Crippen LogP contribution in [-0.2, 0) is 10.2 Å². The van der Waals surface area contributed by atoms with E-state index >= 15 is 0 Å². The summed E-state index contributed by atoms with van der Waals surface area (Å²) in [5.41, 5.74) is 2.65. The van der Waals surface area contributed by atoms with Gasteiger partial charge in [0.1, 0.15) is 5.82 Å². The molecule has 0 amide bonds. The molecule has 1 fully saturated rings. The second-order valence-electron chi connectivity index (χ2n) is 7.03. The lowest BCUT2D eigenvalue weighted by molar-refractivity contribution is 0.296. The number of aromatic nitrogens is 3. The molecule has 3 rings (SSSR count). The summed E-state index contributed by atoms with van der Waals surface area (Å²) in [7, 11) is -0.284. The predicted octanol–water partition coefficient (Wildman–Crippen LogP) is 2.22. The molecule has 1 aliphatic heterocycles. The highest BCUT2D eigenvalue weighted by molar-refractivity contribution is 7.86. The van der Waals surface area contributed by atoms with Crippen LogP contribution in [0.1, 0.15) is 35.8 Å². The van der Waals surface area contributed by atoms with Crippen molar-refractivity contribution in [2.75, 3.05) is 32.5 Å². The molecule has 0 unspecified atom stereocenters. The van der Waals surface area contributed by atoms with Gasteiger partial charge in [-0.05, 0) is 44.9 Å². The maximum Gasteiger partial charge on any atom is 0.281 e. The van der Waals surface area contributed by atoms with Crippen LogP contribution in [0.4, 0.5) is 11.8 Å². The Bertz CT molecular complexity index is 896. The Balaban J connectivity index is 1.78. The molecule has 3 heterocycles. The molecule has 27 heavy (non-hydrogen) atoms. The van der Waals surface area contributed by atoms with E-state index in [1.165, 1.54) is 8.61 Å². The standard InChI is InChI=1S/C18H26N6O2S/c1-13-11-14(2)20-18(19-13)22-17-9-5-8-16(21-17)15-7-6-10-24(12-15)27(25,26)23(3)4/h5,8-9,11,15H,6-7,10,12H2,1-4H3,(H,19,20,21,22)/t15-/m1/s1. The summed E-state index contributed by atoms with van der Waals surface area (Å²) in [6, 6.07) is 7.65. The Labute approximate surface area is 160 Å². The van der Waals surface area contributed by atoms with Crippen molar-refractivity contribution >= 4 is 22.0 Å². The molecule has 0 bridgehead atoms. The summed E-state index contributed by atoms with van der Waals surface area (Å²) in [6.07, 6.45) is 1.73. The Kier molecular flexibility index (Phi) is 5.73. The van der Waals surface area contributed by atoms with Crippen LogP contribution in [0.2, 0.25) is 0 Å². The van der Waals surface area contributed by atoms with Gasteiger partial charge in [0.15, 0.2) is 0 Å². The fraction of sp³-hybridized carbons (Fsp3) is 0.500. The average Bonchev–Trinajstić information content (AvgIpc) is 2.61. The van der Waals surface area contributed by atoms with Crippen LogP contribution in [0.5, 0.6) is 0 Å². The molecule has 0 radical (unpaired) electrons. The number of rotatable bonds is 5. The van der Waals surface area contributed by atoms with E-state index in [1.807, 2.05) is 38.1 Å². The van der Waals surface area contributed by atoms with Crippen molar-refractivity contribution < 1.29 is 8.42 Å². The SMILES string of the molecule is Cc1cc(C)nc(Nc2cccc([C@@H]3CCCN(S(=O)(=O)N(C)C)C3)n2)n1. The van der Waals surface area contributed by atoms with Gasteiger partial charge in [0.05, 0.1) is 0 Å². The van der Waals surface area contributed by atoms with Crippen molar-refractivity contribution in [3.63, 3.8) is 0 Å². The maximum atomic E-state index is 12.4. The highest BCUT2D eigenvalue weighted by atomic mass is 32.2. The zero-order chi connectivity index (χ0) is 19.6. The van der Waals surface area contributed by atoms with Crippen LogP contribution in [0.15, 0.2) is 24.3 Å². The van der Waals surface area contributed by atoms with Crippen LogP contribution in [0, 0.1) is 13.8 Å². The number of nitrogens with zero attached hydrogens (tertiary/aromatic N) is 5. The molecule has 0 spiro atoms. The zero-order valence-electron chi connectivity index (χ0n) is 16.2. The number of hydrogen-bond acceptors (Lipinski definition) is 6. The minimum Gasteiger partial charge on any atom is -0.309 e. The van der Waals surface area contributed by atoms with E-state index in [2.05, 4.69) is 20.3 Å². The lowest BCUT2D eigenvalue weighted by atomic mass is 9.96. The van der Waals surface area contributed by atoms with E-state index in [4.69, 9.17) is 0 Å². The molecule has 2 aromatic rings. The summed E-state index contributed by atoms with van der Waals surface area (Å²) < 4.78 is 27.7. The molecular formula is C18H26N6O2S. The monoisotopic (exact) mass is 390 g/mol. The highest BCUT2D eigenvalue weighted by Crippen LogP contribution is 2.28. The van der Waals surface area contributed by atoms with Crippen LogP contribution in [0.3, 0.4) is 0 Å². The first-order chi connectivity index (χ1) is 12.8. The quantitative estimate of drug-likeness (QED) is 0.842. The van der Waals surface area contributed by atoms with Crippen LogP contribution in [0.25, 0.3) is 0 Å². The van der Waals surface area contributed by atoms with Gasteiger partial charge in [-0.25, -0.2) is 15.0 Å². The lowest BCUT2D eigenvalue weighted by Gasteiger charge is -2.33. The maximum absolute atomic E-state index is 12.4. The number of aryl methyl sites for hydroxylation is 2. The fourth-order valence-electron chi connectivity index (χ4n) is 3.27. The largest absolute Gasteiger partial charge is 0.309 e. The molecule has 2 aromatic heterocycles. The first-order valence-electron chi connectivity index (χ1n) is 8.99. The minimum absolute atomic E-state index is 0.0652. The Morgan fingerprint density at radius 2 is 1.85 bits per heavy atom. The molecule has 1 N–H and O–H groups in total. The second kappa shape index (κ2) is 7.87. The zero-order valence-corrected chi connectivity index (χ0v) is 17.0. The predicted molar refractivity (Wildman–Crippen MR) is 105 cm³/mol. The number of pyridine rings is 1. The molecule has 1 atom stereocenters. The number of nitrogens with one attached hydrogen (secondary N) is 1. The van der Waals surface area contributed by atoms with Gasteiger partial charge in [-0.1, -0.05) is 6.07 Å². The number of anilines is 2. The molecule has 9 heteroatoms. The number of piperidine rings is 1. The fourth-order valence-corrected chi connectivity index (χ4v) is 4.46. The number of hydrogen-bond donors (Lipinski definition) is 1. The second-order valence-corrected chi connectivity index (χ2v) is 9.18. The molecule has 0 saturated carbocycles. The van der Waals surface area contributed by atoms with Crippen LogP contribution >= 0.6 is 0 Å². The molecule has 146 valence electrons. The van der Waals surface area contributed by atoms with Gasteiger partial charge in [-0.15, -0.1) is 0 Å². The van der Waals surface area contributed by atoms with Crippen molar-refractivity contribution in [3.8, 4) is 0 Å². The van der Waals surface area contributed by atoms with E-state index in [1.54, 1.807) is 14.1 Å². The van der Waals surface area contributed by atoms with E-state index in [-0.39, 0.29) is 5.92 Å². The Morgan fingerprint density at radius 3 is 2.52 bits per heavy atom. The third kappa shape index (κ3) is 4.60. The molecule has 8 nitrogen and oxygen atoms in total. The van der Waals surface area contributed by atoms with Gasteiger partial charge in [-0.3, -0.25) is 0 Å². The van der Waals surface area contributed by atoms with Gasteiger partial charge in [0.25, 0.3) is 10.2 Å². The van der Waals surface area contributed by atoms with Crippen molar-refractivity contribution in [3.05, 3.63) is 41.3 Å². The molecule has 0 aliphatic carbocycles. The first-order valence-corrected chi connectivity index (χ1v) is 10.4. The molecule has 1 aliphatic rings. The van der Waals surface area contributed by atoms with Crippen molar-refractivity contribution in [2.24, 2.45) is 0 Å². The third-order valence-electron chi connectivity index (χ3n) is 4.58. The van der Waals surface area contributed by atoms with Crippen molar-refractivity contribution in [1.29, 1.82) is 0 Å². The summed E-state index contributed by atoms with van der Waals surface area (Å²) in [4.78, 5) is 13.4. The molecule has 0 aromatic carbocycles. The van der Waals surface area contributed by atoms with E-state index in [0.29, 0.717) is 24.9 Å². The van der Waals surface area contributed by atoms with E-state index in [9.17, 15) is 8.42 Å². The summed E-state index contributed by atoms with van der Waals surface area (Å²) in [6.45, 7) is 4.83. The third-order valence-corrected chi connectivity index (χ3v) is 6.49. The van der Waals surface area contributed by atoms with Crippen molar-refractivity contribution in [1.82, 2.24) is 23.6 Å². The van der Waals surface area contributed by atoms with Crippen LogP contribution in [-0.4, -0.2) is 59.2 Å². The average molecular weight is 391 g/mol. The topological polar surface area (TPSA) is 91.3 Å². The smallest absolute Gasteiger partial charge is 0.281 e. The van der Waals surface area contributed by atoms with Gasteiger partial charge < -0.3 is 5.32 Å². The first kappa shape index (κ1) is 19.7. The van der Waals surface area contributed by atoms with Gasteiger partial charge in [0, 0.05) is 50.2 Å². The summed E-state index contributed by atoms with van der Waals surface area (Å²) in [5.74, 6) is 1.23. The molecule has 1 saturated heterocycles. The van der Waals surface area contributed by atoms with Gasteiger partial charge in [0.2, 0.25) is 5.95 Å². The minimum atomic E-state index is -3.41. The highest BCUT2D eigenvalue weighted by Gasteiger charge is 2.31. The van der Waals surface area contributed by atoms with Gasteiger partial charge in [-0.2, -0.15) is 17.0 Å². The lowest BCUT2D eigenvalue weighted by Crippen LogP contribution is -2.45. The van der Waals surface area contributed by atoms with Gasteiger partial charge >= 0.3 is 0 Å². The normalized spacial score (nSPS) is 18.6. The van der Waals surface area contributed by atoms with E-state index < -0.39 is 10.2 Å². The summed E-state index contributed by atoms with van der Waals surface area (Å²) in [5, 5.41) is 3.15. The van der Waals surface area contributed by atoms with E-state index in [0.717, 1.165) is 29.9 Å². The Morgan fingerprint density at radius 1 is 1.15 bits per heavy atom. The molecular weight excluding hydrogens is 364 g/mol. The van der Waals surface area contributed by atoms with Crippen molar-refractivity contribution in [2.45, 2.75) is 32.6 Å².